The van der Waals surface area contributed by atoms with Crippen molar-refractivity contribution in [2.45, 2.75) is 25.7 Å². The minimum Gasteiger partial charge on any atom is -0.478 e. The zero-order chi connectivity index (χ0) is 25.5. The van der Waals surface area contributed by atoms with Gasteiger partial charge in [-0.25, -0.2) is 9.18 Å². The van der Waals surface area contributed by atoms with Crippen molar-refractivity contribution >= 4 is 17.7 Å². The standard InChI is InChI=1S/C30H26FN3O3/c1-18-4-2-3-5-25(18)28-26(29(37-33-28)20-7-8-20)10-6-19-16-34(17-19)24-9-11-27(32-15-24)21-12-22(30(35)36)14-23(31)13-21/h2-6,9-15,19-20H,7-8,16-17H2,1H3,(H,35,36)/b10-6+. The van der Waals surface area contributed by atoms with Crippen molar-refractivity contribution in [1.29, 1.82) is 0 Å². The number of rotatable bonds is 7. The highest BCUT2D eigenvalue weighted by Crippen LogP contribution is 2.45. The van der Waals surface area contributed by atoms with Gasteiger partial charge < -0.3 is 14.5 Å². The van der Waals surface area contributed by atoms with Gasteiger partial charge in [0.2, 0.25) is 0 Å². The maximum absolute atomic E-state index is 13.9. The van der Waals surface area contributed by atoms with Crippen LogP contribution in [-0.4, -0.2) is 34.3 Å². The number of carboxylic acids is 1. The van der Waals surface area contributed by atoms with E-state index in [-0.39, 0.29) is 5.56 Å². The molecule has 1 saturated heterocycles. The molecule has 1 aliphatic heterocycles. The van der Waals surface area contributed by atoms with E-state index >= 15 is 0 Å². The average molecular weight is 496 g/mol. The van der Waals surface area contributed by atoms with E-state index in [9.17, 15) is 14.3 Å². The number of halogens is 1. The van der Waals surface area contributed by atoms with Crippen LogP contribution in [0.1, 0.15) is 46.0 Å². The van der Waals surface area contributed by atoms with Crippen LogP contribution in [0.25, 0.3) is 28.6 Å². The van der Waals surface area contributed by atoms with Gasteiger partial charge in [0.05, 0.1) is 23.1 Å². The molecular formula is C30H26FN3O3. The van der Waals surface area contributed by atoms with Gasteiger partial charge in [-0.1, -0.05) is 41.6 Å². The molecular weight excluding hydrogens is 469 g/mol. The van der Waals surface area contributed by atoms with Crippen molar-refractivity contribution in [3.05, 3.63) is 95.1 Å². The molecule has 2 aromatic carbocycles. The normalized spacial score (nSPS) is 15.8. The van der Waals surface area contributed by atoms with Crippen molar-refractivity contribution < 1.29 is 18.8 Å². The molecule has 6 nitrogen and oxygen atoms in total. The zero-order valence-corrected chi connectivity index (χ0v) is 20.4. The first-order valence-electron chi connectivity index (χ1n) is 12.5. The maximum Gasteiger partial charge on any atom is 0.335 e. The summed E-state index contributed by atoms with van der Waals surface area (Å²) in [5.41, 5.74) is 6.15. The second-order valence-corrected chi connectivity index (χ2v) is 9.86. The monoisotopic (exact) mass is 495 g/mol. The Labute approximate surface area is 214 Å². The first-order valence-corrected chi connectivity index (χ1v) is 12.5. The molecule has 0 unspecified atom stereocenters. The quantitative estimate of drug-likeness (QED) is 0.312. The smallest absolute Gasteiger partial charge is 0.335 e. The van der Waals surface area contributed by atoms with E-state index in [1.54, 1.807) is 12.3 Å². The number of anilines is 1. The lowest BCUT2D eigenvalue weighted by molar-refractivity contribution is 0.0696. The van der Waals surface area contributed by atoms with Gasteiger partial charge in [0.1, 0.15) is 17.3 Å². The molecule has 0 atom stereocenters. The van der Waals surface area contributed by atoms with Crippen LogP contribution < -0.4 is 4.90 Å². The Morgan fingerprint density at radius 3 is 2.65 bits per heavy atom. The van der Waals surface area contributed by atoms with E-state index in [4.69, 9.17) is 4.52 Å². The summed E-state index contributed by atoms with van der Waals surface area (Å²) in [5.74, 6) is 0.0959. The lowest BCUT2D eigenvalue weighted by atomic mass is 9.95. The van der Waals surface area contributed by atoms with Crippen molar-refractivity contribution in [2.24, 2.45) is 5.92 Å². The van der Waals surface area contributed by atoms with Gasteiger partial charge in [0.25, 0.3) is 0 Å². The molecule has 0 spiro atoms. The summed E-state index contributed by atoms with van der Waals surface area (Å²) in [7, 11) is 0. The molecule has 2 aliphatic rings. The summed E-state index contributed by atoms with van der Waals surface area (Å²) in [6.07, 6.45) is 8.48. The highest BCUT2D eigenvalue weighted by atomic mass is 19.1. The average Bonchev–Trinajstić information content (AvgIpc) is 3.63. The van der Waals surface area contributed by atoms with Crippen molar-refractivity contribution in [3.63, 3.8) is 0 Å². The number of carboxylic acid groups (broad SMARTS) is 1. The van der Waals surface area contributed by atoms with E-state index in [2.05, 4.69) is 46.2 Å². The van der Waals surface area contributed by atoms with Crippen LogP contribution in [0.2, 0.25) is 0 Å². The number of pyridine rings is 1. The Hall–Kier alpha value is -4.26. The Morgan fingerprint density at radius 1 is 1.14 bits per heavy atom. The van der Waals surface area contributed by atoms with Gasteiger partial charge in [-0.3, -0.25) is 4.98 Å². The Bertz CT molecular complexity index is 1500. The summed E-state index contributed by atoms with van der Waals surface area (Å²) in [6.45, 7) is 3.82. The van der Waals surface area contributed by atoms with Crippen LogP contribution in [0.15, 0.2) is 71.4 Å². The Morgan fingerprint density at radius 2 is 1.95 bits per heavy atom. The molecule has 37 heavy (non-hydrogen) atoms. The number of carbonyl (C=O) groups is 1. The van der Waals surface area contributed by atoms with E-state index in [1.807, 2.05) is 18.2 Å². The second-order valence-electron chi connectivity index (χ2n) is 9.86. The SMILES string of the molecule is Cc1ccccc1-c1noc(C2CC2)c1/C=C/C1CN(c2ccc(-c3cc(F)cc(C(=O)O)c3)nc2)C1. The lowest BCUT2D eigenvalue weighted by Gasteiger charge is -2.39. The predicted molar refractivity (Wildman–Crippen MR) is 140 cm³/mol. The highest BCUT2D eigenvalue weighted by Gasteiger charge is 2.32. The van der Waals surface area contributed by atoms with Gasteiger partial charge in [-0.15, -0.1) is 0 Å². The number of aromatic nitrogens is 2. The zero-order valence-electron chi connectivity index (χ0n) is 20.4. The highest BCUT2D eigenvalue weighted by molar-refractivity contribution is 5.89. The van der Waals surface area contributed by atoms with Gasteiger partial charge >= 0.3 is 5.97 Å². The van der Waals surface area contributed by atoms with E-state index in [1.165, 1.54) is 17.7 Å². The van der Waals surface area contributed by atoms with Crippen molar-refractivity contribution in [3.8, 4) is 22.5 Å². The molecule has 3 heterocycles. The number of aryl methyl sites for hydroxylation is 1. The number of nitrogens with zero attached hydrogens (tertiary/aromatic N) is 3. The van der Waals surface area contributed by atoms with Crippen LogP contribution >= 0.6 is 0 Å². The Kier molecular flexibility index (Phi) is 5.83. The molecule has 0 bridgehead atoms. The largest absolute Gasteiger partial charge is 0.478 e. The number of hydrogen-bond acceptors (Lipinski definition) is 5. The summed E-state index contributed by atoms with van der Waals surface area (Å²) in [6, 6.07) is 15.7. The van der Waals surface area contributed by atoms with Crippen LogP contribution in [0.3, 0.4) is 0 Å². The second kappa shape index (κ2) is 9.32. The molecule has 0 amide bonds. The van der Waals surface area contributed by atoms with Gasteiger partial charge in [0, 0.05) is 41.6 Å². The van der Waals surface area contributed by atoms with Crippen LogP contribution in [0.4, 0.5) is 10.1 Å². The number of hydrogen-bond donors (Lipinski definition) is 1. The molecule has 186 valence electrons. The third-order valence-corrected chi connectivity index (χ3v) is 7.10. The third-order valence-electron chi connectivity index (χ3n) is 7.10. The first kappa shape index (κ1) is 23.2. The lowest BCUT2D eigenvalue weighted by Crippen LogP contribution is -2.45. The van der Waals surface area contributed by atoms with E-state index < -0.39 is 11.8 Å². The van der Waals surface area contributed by atoms with E-state index in [0.29, 0.717) is 23.1 Å². The summed E-state index contributed by atoms with van der Waals surface area (Å²) >= 11 is 0. The first-order chi connectivity index (χ1) is 18.0. The van der Waals surface area contributed by atoms with Crippen LogP contribution in [0, 0.1) is 18.7 Å². The predicted octanol–water partition coefficient (Wildman–Crippen LogP) is 6.58. The minimum absolute atomic E-state index is 0.0958. The fourth-order valence-corrected chi connectivity index (χ4v) is 4.83. The summed E-state index contributed by atoms with van der Waals surface area (Å²) in [4.78, 5) is 17.9. The molecule has 4 aromatic rings. The molecule has 1 aliphatic carbocycles. The van der Waals surface area contributed by atoms with Gasteiger partial charge in [-0.05, 0) is 55.7 Å². The molecule has 2 aromatic heterocycles. The van der Waals surface area contributed by atoms with Crippen LogP contribution in [-0.2, 0) is 0 Å². The number of benzene rings is 2. The molecule has 1 N–H and O–H groups in total. The molecule has 2 fully saturated rings. The summed E-state index contributed by atoms with van der Waals surface area (Å²) in [5, 5.41) is 13.6. The van der Waals surface area contributed by atoms with Crippen LogP contribution in [0.5, 0.6) is 0 Å². The fraction of sp³-hybridized carbons (Fsp3) is 0.233. The maximum atomic E-state index is 13.9. The summed E-state index contributed by atoms with van der Waals surface area (Å²) < 4.78 is 19.7. The third kappa shape index (κ3) is 4.65. The van der Waals surface area contributed by atoms with Crippen molar-refractivity contribution in [1.82, 2.24) is 10.1 Å². The topological polar surface area (TPSA) is 79.5 Å². The molecule has 7 heteroatoms. The molecule has 6 rings (SSSR count). The van der Waals surface area contributed by atoms with Gasteiger partial charge in [-0.2, -0.15) is 0 Å². The fourth-order valence-electron chi connectivity index (χ4n) is 4.83. The molecule has 1 saturated carbocycles. The minimum atomic E-state index is -1.17. The number of aromatic carboxylic acids is 1. The van der Waals surface area contributed by atoms with Gasteiger partial charge in [0.15, 0.2) is 0 Å². The molecule has 0 radical (unpaired) electrons. The Balaban J connectivity index is 1.15. The van der Waals surface area contributed by atoms with Crippen molar-refractivity contribution in [2.75, 3.05) is 18.0 Å². The van der Waals surface area contributed by atoms with E-state index in [0.717, 1.165) is 60.3 Å².